The van der Waals surface area contributed by atoms with Crippen molar-refractivity contribution in [1.29, 1.82) is 0 Å². The predicted molar refractivity (Wildman–Crippen MR) is 103 cm³/mol. The molecule has 0 spiro atoms. The van der Waals surface area contributed by atoms with Gasteiger partial charge in [-0.1, -0.05) is 19.1 Å². The molecule has 1 aromatic carbocycles. The highest BCUT2D eigenvalue weighted by atomic mass is 35.5. The van der Waals surface area contributed by atoms with E-state index in [2.05, 4.69) is 41.4 Å². The second kappa shape index (κ2) is 9.07. The molecule has 4 heteroatoms. The largest absolute Gasteiger partial charge is 0.497 e. The predicted octanol–water partition coefficient (Wildman–Crippen LogP) is 3.76. The van der Waals surface area contributed by atoms with Crippen molar-refractivity contribution in [2.45, 2.75) is 39.0 Å². The van der Waals surface area contributed by atoms with E-state index in [9.17, 15) is 0 Å². The fourth-order valence-electron chi connectivity index (χ4n) is 4.14. The molecule has 1 atom stereocenters. The quantitative estimate of drug-likeness (QED) is 0.843. The summed E-state index contributed by atoms with van der Waals surface area (Å²) in [5.41, 5.74) is 1.95. The standard InChI is InChI=1S/C20H32N2O.ClH/c1-20(11-12-21-15-20)16-22-13-9-18(10-14-22)4-3-17-5-7-19(23-2)8-6-17;/h5-8,18,21H,3-4,9-16H2,1-2H3;1H. The Labute approximate surface area is 153 Å². The number of ether oxygens (including phenoxy) is 1. The maximum absolute atomic E-state index is 5.23. The lowest BCUT2D eigenvalue weighted by molar-refractivity contribution is 0.126. The maximum Gasteiger partial charge on any atom is 0.118 e. The van der Waals surface area contributed by atoms with Crippen LogP contribution in [0.3, 0.4) is 0 Å². The van der Waals surface area contributed by atoms with Crippen LogP contribution in [0.1, 0.15) is 38.2 Å². The number of halogens is 1. The molecule has 3 nitrogen and oxygen atoms in total. The number of benzene rings is 1. The molecule has 136 valence electrons. The van der Waals surface area contributed by atoms with E-state index in [1.54, 1.807) is 7.11 Å². The maximum atomic E-state index is 5.23. The van der Waals surface area contributed by atoms with Crippen LogP contribution in [0.2, 0.25) is 0 Å². The topological polar surface area (TPSA) is 24.5 Å². The van der Waals surface area contributed by atoms with Gasteiger partial charge in [-0.15, -0.1) is 12.4 Å². The van der Waals surface area contributed by atoms with Gasteiger partial charge in [-0.2, -0.15) is 0 Å². The van der Waals surface area contributed by atoms with E-state index in [4.69, 9.17) is 4.74 Å². The highest BCUT2D eigenvalue weighted by Gasteiger charge is 2.31. The van der Waals surface area contributed by atoms with E-state index in [0.717, 1.165) is 11.7 Å². The Morgan fingerprint density at radius 1 is 1.21 bits per heavy atom. The molecule has 2 saturated heterocycles. The molecule has 0 aromatic heterocycles. The van der Waals surface area contributed by atoms with Crippen molar-refractivity contribution in [1.82, 2.24) is 10.2 Å². The van der Waals surface area contributed by atoms with Crippen LogP contribution in [0, 0.1) is 11.3 Å². The number of methoxy groups -OCH3 is 1. The minimum absolute atomic E-state index is 0. The summed E-state index contributed by atoms with van der Waals surface area (Å²) < 4.78 is 5.23. The summed E-state index contributed by atoms with van der Waals surface area (Å²) in [7, 11) is 1.73. The van der Waals surface area contributed by atoms with E-state index in [1.165, 1.54) is 70.4 Å². The van der Waals surface area contributed by atoms with Crippen LogP contribution in [0.15, 0.2) is 24.3 Å². The van der Waals surface area contributed by atoms with Gasteiger partial charge >= 0.3 is 0 Å². The number of aryl methyl sites for hydroxylation is 1. The minimum atomic E-state index is 0. The zero-order valence-electron chi connectivity index (χ0n) is 15.2. The molecule has 0 aliphatic carbocycles. The van der Waals surface area contributed by atoms with Crippen LogP contribution in [-0.4, -0.2) is 44.7 Å². The monoisotopic (exact) mass is 352 g/mol. The summed E-state index contributed by atoms with van der Waals surface area (Å²) in [4.78, 5) is 2.71. The second-order valence-corrected chi connectivity index (χ2v) is 7.84. The summed E-state index contributed by atoms with van der Waals surface area (Å²) in [6, 6.07) is 8.58. The molecule has 0 radical (unpaired) electrons. The number of hydrogen-bond donors (Lipinski definition) is 1. The third-order valence-corrected chi connectivity index (χ3v) is 5.77. The van der Waals surface area contributed by atoms with Gasteiger partial charge in [0.2, 0.25) is 0 Å². The molecule has 3 rings (SSSR count). The van der Waals surface area contributed by atoms with Crippen molar-refractivity contribution in [3.05, 3.63) is 29.8 Å². The smallest absolute Gasteiger partial charge is 0.118 e. The average Bonchev–Trinajstić information content (AvgIpc) is 3.01. The van der Waals surface area contributed by atoms with Crippen LogP contribution in [0.25, 0.3) is 0 Å². The van der Waals surface area contributed by atoms with Crippen molar-refractivity contribution in [2.75, 3.05) is 39.8 Å². The number of piperidine rings is 1. The number of nitrogens with zero attached hydrogens (tertiary/aromatic N) is 1. The fraction of sp³-hybridized carbons (Fsp3) is 0.700. The SMILES string of the molecule is COc1ccc(CCC2CCN(CC3(C)CCNC3)CC2)cc1.Cl. The van der Waals surface area contributed by atoms with Crippen molar-refractivity contribution in [2.24, 2.45) is 11.3 Å². The number of hydrogen-bond acceptors (Lipinski definition) is 3. The van der Waals surface area contributed by atoms with Gasteiger partial charge in [0.1, 0.15) is 5.75 Å². The van der Waals surface area contributed by atoms with Crippen molar-refractivity contribution < 1.29 is 4.74 Å². The van der Waals surface area contributed by atoms with Crippen LogP contribution in [0.5, 0.6) is 5.75 Å². The average molecular weight is 353 g/mol. The fourth-order valence-corrected chi connectivity index (χ4v) is 4.14. The van der Waals surface area contributed by atoms with Gasteiger partial charge < -0.3 is 15.0 Å². The minimum Gasteiger partial charge on any atom is -0.497 e. The van der Waals surface area contributed by atoms with Gasteiger partial charge in [0.05, 0.1) is 7.11 Å². The summed E-state index contributed by atoms with van der Waals surface area (Å²) in [6.45, 7) is 8.72. The summed E-state index contributed by atoms with van der Waals surface area (Å²) in [6.07, 6.45) is 6.62. The Morgan fingerprint density at radius 2 is 1.92 bits per heavy atom. The molecule has 2 fully saturated rings. The molecule has 1 aromatic rings. The van der Waals surface area contributed by atoms with Crippen LogP contribution >= 0.6 is 12.4 Å². The molecule has 0 bridgehead atoms. The van der Waals surface area contributed by atoms with Gasteiger partial charge in [-0.05, 0) is 80.8 Å². The van der Waals surface area contributed by atoms with E-state index in [0.29, 0.717) is 5.41 Å². The molecular weight excluding hydrogens is 320 g/mol. The Bertz CT molecular complexity index is 477. The highest BCUT2D eigenvalue weighted by molar-refractivity contribution is 5.85. The van der Waals surface area contributed by atoms with E-state index >= 15 is 0 Å². The lowest BCUT2D eigenvalue weighted by atomic mass is 9.86. The van der Waals surface area contributed by atoms with Crippen molar-refractivity contribution in [3.63, 3.8) is 0 Å². The van der Waals surface area contributed by atoms with Gasteiger partial charge in [0, 0.05) is 13.1 Å². The molecule has 0 amide bonds. The van der Waals surface area contributed by atoms with Crippen LogP contribution in [-0.2, 0) is 6.42 Å². The molecule has 1 N–H and O–H groups in total. The van der Waals surface area contributed by atoms with E-state index in [-0.39, 0.29) is 12.4 Å². The molecule has 0 saturated carbocycles. The lowest BCUT2D eigenvalue weighted by Crippen LogP contribution is -2.42. The lowest BCUT2D eigenvalue weighted by Gasteiger charge is -2.37. The first kappa shape index (κ1) is 19.6. The van der Waals surface area contributed by atoms with Gasteiger partial charge in [0.15, 0.2) is 0 Å². The third-order valence-electron chi connectivity index (χ3n) is 5.77. The number of rotatable bonds is 6. The summed E-state index contributed by atoms with van der Waals surface area (Å²) >= 11 is 0. The highest BCUT2D eigenvalue weighted by Crippen LogP contribution is 2.29. The van der Waals surface area contributed by atoms with Crippen LogP contribution < -0.4 is 10.1 Å². The first-order chi connectivity index (χ1) is 11.2. The molecule has 2 aliphatic heterocycles. The Morgan fingerprint density at radius 3 is 2.50 bits per heavy atom. The van der Waals surface area contributed by atoms with Crippen LogP contribution in [0.4, 0.5) is 0 Å². The Hall–Kier alpha value is -0.770. The van der Waals surface area contributed by atoms with E-state index < -0.39 is 0 Å². The number of likely N-dealkylation sites (tertiary alicyclic amines) is 1. The Kier molecular flexibility index (Phi) is 7.39. The third kappa shape index (κ3) is 5.37. The van der Waals surface area contributed by atoms with Gasteiger partial charge in [-0.25, -0.2) is 0 Å². The molecule has 24 heavy (non-hydrogen) atoms. The molecule has 1 unspecified atom stereocenters. The summed E-state index contributed by atoms with van der Waals surface area (Å²) in [5, 5.41) is 3.52. The van der Waals surface area contributed by atoms with Gasteiger partial charge in [-0.3, -0.25) is 0 Å². The van der Waals surface area contributed by atoms with Gasteiger partial charge in [0.25, 0.3) is 0 Å². The molecule has 2 heterocycles. The zero-order chi connectivity index (χ0) is 16.1. The number of nitrogens with one attached hydrogen (secondary N) is 1. The second-order valence-electron chi connectivity index (χ2n) is 7.84. The normalized spacial score (nSPS) is 25.4. The first-order valence-corrected chi connectivity index (χ1v) is 9.23. The molecular formula is C20H33ClN2O. The van der Waals surface area contributed by atoms with Crippen molar-refractivity contribution >= 4 is 12.4 Å². The Balaban J connectivity index is 0.00000208. The van der Waals surface area contributed by atoms with E-state index in [1.807, 2.05) is 0 Å². The zero-order valence-corrected chi connectivity index (χ0v) is 16.0. The first-order valence-electron chi connectivity index (χ1n) is 9.23. The summed E-state index contributed by atoms with van der Waals surface area (Å²) in [5.74, 6) is 1.86. The molecule has 2 aliphatic rings. The van der Waals surface area contributed by atoms with Crippen molar-refractivity contribution in [3.8, 4) is 5.75 Å².